The SMILES string of the molecule is Cc1ccc(C(=O)N2C[C@H](c3cccc(O)c3)[C@H]3[C@@H]2C2CCN3CC2)s1. The van der Waals surface area contributed by atoms with Crippen molar-refractivity contribution in [2.45, 2.75) is 37.8 Å². The third kappa shape index (κ3) is 2.48. The molecule has 2 bridgehead atoms. The molecular weight excluding hydrogens is 344 g/mol. The molecule has 0 radical (unpaired) electrons. The van der Waals surface area contributed by atoms with Crippen LogP contribution in [0.2, 0.25) is 0 Å². The van der Waals surface area contributed by atoms with E-state index in [0.717, 1.165) is 30.1 Å². The molecule has 6 rings (SSSR count). The molecule has 5 heteroatoms. The van der Waals surface area contributed by atoms with Crippen LogP contribution in [-0.4, -0.2) is 52.5 Å². The summed E-state index contributed by atoms with van der Waals surface area (Å²) in [5, 5.41) is 9.96. The highest BCUT2D eigenvalue weighted by atomic mass is 32.1. The van der Waals surface area contributed by atoms with Gasteiger partial charge in [0, 0.05) is 23.4 Å². The molecule has 3 atom stereocenters. The van der Waals surface area contributed by atoms with Crippen molar-refractivity contribution in [1.82, 2.24) is 9.80 Å². The van der Waals surface area contributed by atoms with Crippen LogP contribution in [0.3, 0.4) is 0 Å². The van der Waals surface area contributed by atoms with E-state index in [9.17, 15) is 9.90 Å². The first-order valence-electron chi connectivity index (χ1n) is 9.52. The van der Waals surface area contributed by atoms with E-state index < -0.39 is 0 Å². The molecule has 0 saturated carbocycles. The van der Waals surface area contributed by atoms with E-state index in [0.29, 0.717) is 23.8 Å². The van der Waals surface area contributed by atoms with Gasteiger partial charge in [-0.2, -0.15) is 0 Å². The standard InChI is InChI=1S/C21H24N2O2S/c1-13-5-6-18(26-13)21(25)23-12-17(15-3-2-4-16(24)11-15)20-19(23)14-7-9-22(20)10-8-14/h2-6,11,14,17,19-20,24H,7-10,12H2,1H3/t17-,19+,20+/m1/s1. The first-order chi connectivity index (χ1) is 12.6. The lowest BCUT2D eigenvalue weighted by Crippen LogP contribution is -2.60. The van der Waals surface area contributed by atoms with Crippen molar-refractivity contribution < 1.29 is 9.90 Å². The van der Waals surface area contributed by atoms with Crippen LogP contribution >= 0.6 is 11.3 Å². The van der Waals surface area contributed by atoms with Crippen molar-refractivity contribution in [2.75, 3.05) is 19.6 Å². The van der Waals surface area contributed by atoms with Gasteiger partial charge in [-0.1, -0.05) is 12.1 Å². The van der Waals surface area contributed by atoms with Crippen LogP contribution in [0.5, 0.6) is 5.75 Å². The summed E-state index contributed by atoms with van der Waals surface area (Å²) in [5.74, 6) is 1.39. The number of phenolic OH excluding ortho intramolecular Hbond substituents is 1. The van der Waals surface area contributed by atoms with Crippen LogP contribution in [0.15, 0.2) is 36.4 Å². The summed E-state index contributed by atoms with van der Waals surface area (Å²) < 4.78 is 0. The number of likely N-dealkylation sites (tertiary alicyclic amines) is 1. The Morgan fingerprint density at radius 2 is 1.96 bits per heavy atom. The number of amides is 1. The van der Waals surface area contributed by atoms with Gasteiger partial charge >= 0.3 is 0 Å². The second-order valence-electron chi connectivity index (χ2n) is 7.92. The molecule has 26 heavy (non-hydrogen) atoms. The van der Waals surface area contributed by atoms with Gasteiger partial charge in [-0.3, -0.25) is 9.69 Å². The number of aromatic hydroxyl groups is 1. The van der Waals surface area contributed by atoms with E-state index >= 15 is 0 Å². The first kappa shape index (κ1) is 16.3. The highest BCUT2D eigenvalue weighted by Gasteiger charge is 2.54. The van der Waals surface area contributed by atoms with Crippen molar-refractivity contribution in [3.63, 3.8) is 0 Å². The maximum Gasteiger partial charge on any atom is 0.264 e. The lowest BCUT2D eigenvalue weighted by atomic mass is 9.75. The lowest BCUT2D eigenvalue weighted by molar-refractivity contribution is -0.00326. The Hall–Kier alpha value is -1.85. The third-order valence-corrected chi connectivity index (χ3v) is 7.49. The summed E-state index contributed by atoms with van der Waals surface area (Å²) >= 11 is 1.60. The molecule has 4 nitrogen and oxygen atoms in total. The second kappa shape index (κ2) is 6.10. The number of phenols is 1. The van der Waals surface area contributed by atoms with Crippen molar-refractivity contribution in [3.05, 3.63) is 51.7 Å². The number of carbonyl (C=O) groups excluding carboxylic acids is 1. The minimum Gasteiger partial charge on any atom is -0.508 e. The topological polar surface area (TPSA) is 43.8 Å². The van der Waals surface area contributed by atoms with E-state index in [1.54, 1.807) is 17.4 Å². The zero-order valence-corrected chi connectivity index (χ0v) is 15.8. The molecule has 1 aromatic heterocycles. The molecule has 5 heterocycles. The fourth-order valence-corrected chi connectivity index (χ4v) is 6.22. The quantitative estimate of drug-likeness (QED) is 0.883. The number of fused-ring (bicyclic) bond motifs is 2. The van der Waals surface area contributed by atoms with Gasteiger partial charge in [0.05, 0.1) is 10.9 Å². The van der Waals surface area contributed by atoms with Crippen LogP contribution < -0.4 is 0 Å². The smallest absolute Gasteiger partial charge is 0.264 e. The molecule has 0 aliphatic carbocycles. The minimum absolute atomic E-state index is 0.189. The van der Waals surface area contributed by atoms with E-state index in [1.807, 2.05) is 24.3 Å². The Morgan fingerprint density at radius 1 is 1.15 bits per heavy atom. The van der Waals surface area contributed by atoms with Crippen LogP contribution in [0.4, 0.5) is 0 Å². The number of rotatable bonds is 2. The van der Waals surface area contributed by atoms with Crippen molar-refractivity contribution in [2.24, 2.45) is 5.92 Å². The van der Waals surface area contributed by atoms with Gasteiger partial charge in [-0.25, -0.2) is 0 Å². The molecule has 4 saturated heterocycles. The lowest BCUT2D eigenvalue weighted by Gasteiger charge is -2.51. The van der Waals surface area contributed by atoms with Gasteiger partial charge in [-0.05, 0) is 68.6 Å². The van der Waals surface area contributed by atoms with Gasteiger partial charge < -0.3 is 10.0 Å². The molecule has 2 aromatic rings. The highest BCUT2D eigenvalue weighted by molar-refractivity contribution is 7.13. The van der Waals surface area contributed by atoms with Gasteiger partial charge in [0.1, 0.15) is 5.75 Å². The van der Waals surface area contributed by atoms with E-state index in [4.69, 9.17) is 0 Å². The summed E-state index contributed by atoms with van der Waals surface area (Å²) in [7, 11) is 0. The maximum absolute atomic E-state index is 13.3. The summed E-state index contributed by atoms with van der Waals surface area (Å²) in [5.41, 5.74) is 1.16. The van der Waals surface area contributed by atoms with Crippen molar-refractivity contribution in [1.29, 1.82) is 0 Å². The number of nitrogens with zero attached hydrogens (tertiary/aromatic N) is 2. The number of thiophene rings is 1. The average Bonchev–Trinajstić information content (AvgIpc) is 3.27. The normalized spacial score (nSPS) is 32.7. The summed E-state index contributed by atoms with van der Waals surface area (Å²) in [6, 6.07) is 12.3. The van der Waals surface area contributed by atoms with E-state index in [-0.39, 0.29) is 11.8 Å². The molecule has 1 N–H and O–H groups in total. The Morgan fingerprint density at radius 3 is 2.65 bits per heavy atom. The van der Waals surface area contributed by atoms with Gasteiger partial charge in [0.15, 0.2) is 0 Å². The predicted molar refractivity (Wildman–Crippen MR) is 103 cm³/mol. The Kier molecular flexibility index (Phi) is 3.83. The minimum atomic E-state index is 0.189. The fourth-order valence-electron chi connectivity index (χ4n) is 5.39. The monoisotopic (exact) mass is 368 g/mol. The number of aryl methyl sites for hydroxylation is 1. The number of hydrogen-bond acceptors (Lipinski definition) is 4. The molecule has 1 aromatic carbocycles. The Labute approximate surface area is 158 Å². The van der Waals surface area contributed by atoms with Crippen LogP contribution in [-0.2, 0) is 0 Å². The Bertz CT molecular complexity index is 840. The van der Waals surface area contributed by atoms with Crippen molar-refractivity contribution in [3.8, 4) is 5.75 Å². The van der Waals surface area contributed by atoms with Crippen LogP contribution in [0.1, 0.15) is 38.9 Å². The number of hydrogen-bond donors (Lipinski definition) is 1. The molecule has 0 unspecified atom stereocenters. The zero-order valence-electron chi connectivity index (χ0n) is 15.0. The number of carbonyl (C=O) groups is 1. The molecule has 4 fully saturated rings. The molecule has 136 valence electrons. The molecular formula is C21H24N2O2S. The first-order valence-corrected chi connectivity index (χ1v) is 10.3. The van der Waals surface area contributed by atoms with Crippen molar-refractivity contribution >= 4 is 17.2 Å². The largest absolute Gasteiger partial charge is 0.508 e. The Balaban J connectivity index is 1.53. The predicted octanol–water partition coefficient (Wildman–Crippen LogP) is 3.46. The second-order valence-corrected chi connectivity index (χ2v) is 9.21. The fraction of sp³-hybridized carbons (Fsp3) is 0.476. The molecule has 4 aliphatic rings. The summed E-state index contributed by atoms with van der Waals surface area (Å²) in [4.78, 5) is 20.1. The van der Waals surface area contributed by atoms with Gasteiger partial charge in [0.25, 0.3) is 5.91 Å². The maximum atomic E-state index is 13.3. The number of piperidine rings is 3. The third-order valence-electron chi connectivity index (χ3n) is 6.50. The van der Waals surface area contributed by atoms with Gasteiger partial charge in [0.2, 0.25) is 0 Å². The van der Waals surface area contributed by atoms with E-state index in [2.05, 4.69) is 22.8 Å². The summed E-state index contributed by atoms with van der Waals surface area (Å²) in [6.45, 7) is 5.09. The van der Waals surface area contributed by atoms with Crippen LogP contribution in [0, 0.1) is 12.8 Å². The zero-order chi connectivity index (χ0) is 17.8. The average molecular weight is 369 g/mol. The van der Waals surface area contributed by atoms with Gasteiger partial charge in [-0.15, -0.1) is 11.3 Å². The van der Waals surface area contributed by atoms with Crippen LogP contribution in [0.25, 0.3) is 0 Å². The molecule has 4 aliphatic heterocycles. The van der Waals surface area contributed by atoms with E-state index in [1.165, 1.54) is 17.7 Å². The number of benzene rings is 1. The molecule has 0 spiro atoms. The summed E-state index contributed by atoms with van der Waals surface area (Å²) in [6.07, 6.45) is 2.39. The molecule has 1 amide bonds. The highest BCUT2D eigenvalue weighted by Crippen LogP contribution is 2.47.